The van der Waals surface area contributed by atoms with Gasteiger partial charge in [-0.25, -0.2) is 0 Å². The van der Waals surface area contributed by atoms with Crippen molar-refractivity contribution in [2.75, 3.05) is 4.44 Å². The first-order valence-electron chi connectivity index (χ1n) is 2.75. The second-order valence-corrected chi connectivity index (χ2v) is 4.84. The number of halogens is 1. The number of nitrogens with zero attached hydrogens (tertiary/aromatic N) is 1. The second-order valence-electron chi connectivity index (χ2n) is 1.88. The number of hydrogen-bond donors (Lipinski definition) is 0. The molecule has 0 N–H and O–H groups in total. The molecule has 2 atom stereocenters. The van der Waals surface area contributed by atoms with Crippen LogP contribution in [0.4, 0.5) is 5.69 Å². The topological polar surface area (TPSA) is 3.24 Å². The van der Waals surface area contributed by atoms with Gasteiger partial charge >= 0.3 is 0 Å². The van der Waals surface area contributed by atoms with Crippen LogP contribution in [0.5, 0.6) is 0 Å². The summed E-state index contributed by atoms with van der Waals surface area (Å²) in [5.74, 6) is 0. The van der Waals surface area contributed by atoms with Gasteiger partial charge in [-0.2, -0.15) is 0 Å². The fourth-order valence-electron chi connectivity index (χ4n) is 0.613. The molecule has 0 heterocycles. The van der Waals surface area contributed by atoms with Crippen LogP contribution in [0.2, 0.25) is 0 Å². The summed E-state index contributed by atoms with van der Waals surface area (Å²) in [7, 11) is 5.16. The van der Waals surface area contributed by atoms with Crippen LogP contribution in [0, 0.1) is 3.57 Å². The Morgan fingerprint density at radius 3 is 2.00 bits per heavy atom. The van der Waals surface area contributed by atoms with Crippen molar-refractivity contribution in [3.05, 3.63) is 27.8 Å². The zero-order valence-electron chi connectivity index (χ0n) is 5.29. The molecule has 0 spiro atoms. The maximum absolute atomic E-state index is 2.58. The van der Waals surface area contributed by atoms with E-state index in [-0.39, 0.29) is 0 Å². The average Bonchev–Trinajstić information content (AvgIpc) is 1.88. The van der Waals surface area contributed by atoms with Gasteiger partial charge < -0.3 is 4.44 Å². The highest BCUT2D eigenvalue weighted by Crippen LogP contribution is 2.22. The number of hydrogen-bond acceptors (Lipinski definition) is 1. The third-order valence-corrected chi connectivity index (χ3v) is 2.44. The summed E-state index contributed by atoms with van der Waals surface area (Å²) in [6.45, 7) is 0. The normalized spacial score (nSPS) is 9.50. The Balaban J connectivity index is 2.89. The first kappa shape index (κ1) is 8.70. The molecule has 54 valence electrons. The predicted octanol–water partition coefficient (Wildman–Crippen LogP) is 2.68. The van der Waals surface area contributed by atoms with Crippen molar-refractivity contribution < 1.29 is 0 Å². The lowest BCUT2D eigenvalue weighted by molar-refractivity contribution is 1.58. The summed E-state index contributed by atoms with van der Waals surface area (Å²) >= 11 is 2.29. The summed E-state index contributed by atoms with van der Waals surface area (Å²) < 4.78 is 3.19. The SMILES string of the molecule is PN(P)c1ccc(I)cc1. The molecule has 2 unspecified atom stereocenters. The Kier molecular flexibility index (Phi) is 3.35. The maximum atomic E-state index is 2.58. The summed E-state index contributed by atoms with van der Waals surface area (Å²) in [6.07, 6.45) is 0. The minimum atomic E-state index is 1.18. The van der Waals surface area contributed by atoms with E-state index in [1.54, 1.807) is 0 Å². The molecule has 0 aliphatic rings. The molecule has 1 aromatic rings. The lowest BCUT2D eigenvalue weighted by Gasteiger charge is -2.10. The lowest BCUT2D eigenvalue weighted by atomic mass is 10.3. The molecule has 0 aliphatic carbocycles. The molecular formula is C6H8INP2. The van der Waals surface area contributed by atoms with Crippen molar-refractivity contribution in [3.63, 3.8) is 0 Å². The van der Waals surface area contributed by atoms with Crippen LogP contribution >= 0.6 is 41.4 Å². The largest absolute Gasteiger partial charge is 0.341 e. The van der Waals surface area contributed by atoms with Crippen LogP contribution in [0.3, 0.4) is 0 Å². The molecule has 0 saturated carbocycles. The highest BCUT2D eigenvalue weighted by molar-refractivity contribution is 14.1. The third-order valence-electron chi connectivity index (χ3n) is 1.12. The van der Waals surface area contributed by atoms with Gasteiger partial charge in [-0.15, -0.1) is 0 Å². The Morgan fingerprint density at radius 1 is 1.10 bits per heavy atom. The molecule has 0 aliphatic heterocycles. The van der Waals surface area contributed by atoms with Gasteiger partial charge in [0.05, 0.1) is 0 Å². The van der Waals surface area contributed by atoms with Crippen LogP contribution in [0.1, 0.15) is 0 Å². The fourth-order valence-corrected chi connectivity index (χ4v) is 1.32. The summed E-state index contributed by atoms with van der Waals surface area (Å²) in [4.78, 5) is 0. The number of anilines is 1. The van der Waals surface area contributed by atoms with Gasteiger partial charge in [0, 0.05) is 9.26 Å². The van der Waals surface area contributed by atoms with Crippen molar-refractivity contribution in [1.82, 2.24) is 0 Å². The predicted molar refractivity (Wildman–Crippen MR) is 61.1 cm³/mol. The Hall–Kier alpha value is 0.610. The molecule has 0 saturated heterocycles. The Morgan fingerprint density at radius 2 is 1.60 bits per heavy atom. The van der Waals surface area contributed by atoms with Crippen LogP contribution in [-0.4, -0.2) is 0 Å². The quantitative estimate of drug-likeness (QED) is 0.566. The van der Waals surface area contributed by atoms with E-state index < -0.39 is 0 Å². The van der Waals surface area contributed by atoms with Crippen molar-refractivity contribution in [2.24, 2.45) is 0 Å². The second kappa shape index (κ2) is 3.85. The molecule has 0 radical (unpaired) electrons. The molecule has 1 nitrogen and oxygen atoms in total. The van der Waals surface area contributed by atoms with E-state index in [0.717, 1.165) is 0 Å². The first-order chi connectivity index (χ1) is 4.70. The molecule has 1 aromatic carbocycles. The van der Waals surface area contributed by atoms with E-state index >= 15 is 0 Å². The summed E-state index contributed by atoms with van der Waals surface area (Å²) in [6, 6.07) is 8.30. The van der Waals surface area contributed by atoms with Crippen LogP contribution in [0.25, 0.3) is 0 Å². The summed E-state index contributed by atoms with van der Waals surface area (Å²) in [5, 5.41) is 0. The smallest absolute Gasteiger partial charge is 0.0423 e. The van der Waals surface area contributed by atoms with Gasteiger partial charge in [0.2, 0.25) is 0 Å². The molecule has 4 heteroatoms. The van der Waals surface area contributed by atoms with E-state index in [9.17, 15) is 0 Å². The van der Waals surface area contributed by atoms with Crippen LogP contribution in [-0.2, 0) is 0 Å². The lowest BCUT2D eigenvalue weighted by Crippen LogP contribution is -1.88. The van der Waals surface area contributed by atoms with Gasteiger partial charge in [0.15, 0.2) is 0 Å². The molecule has 0 aromatic heterocycles. The molecule has 10 heavy (non-hydrogen) atoms. The van der Waals surface area contributed by atoms with Crippen molar-refractivity contribution in [2.45, 2.75) is 0 Å². The monoisotopic (exact) mass is 283 g/mol. The van der Waals surface area contributed by atoms with E-state index in [1.807, 2.05) is 4.44 Å². The Labute approximate surface area is 79.2 Å². The van der Waals surface area contributed by atoms with Crippen molar-refractivity contribution in [3.8, 4) is 0 Å². The molecular weight excluding hydrogens is 275 g/mol. The molecule has 1 rings (SSSR count). The molecule has 0 amide bonds. The van der Waals surface area contributed by atoms with Gasteiger partial charge in [-0.3, -0.25) is 0 Å². The average molecular weight is 283 g/mol. The molecule has 0 bridgehead atoms. The van der Waals surface area contributed by atoms with Crippen molar-refractivity contribution >= 4 is 47.1 Å². The summed E-state index contributed by atoms with van der Waals surface area (Å²) in [5.41, 5.74) is 1.18. The minimum absolute atomic E-state index is 1.18. The standard InChI is InChI=1S/C6H8INP2/c7-5-1-3-6(4-2-5)8(9)10/h1-4H,9-10H2. The number of rotatable bonds is 1. The van der Waals surface area contributed by atoms with E-state index in [4.69, 9.17) is 0 Å². The van der Waals surface area contributed by atoms with Gasteiger partial charge in [-0.1, -0.05) is 0 Å². The van der Waals surface area contributed by atoms with Gasteiger partial charge in [0.25, 0.3) is 0 Å². The fraction of sp³-hybridized carbons (Fsp3) is 0. The Bertz CT molecular complexity index is 209. The maximum Gasteiger partial charge on any atom is 0.0423 e. The minimum Gasteiger partial charge on any atom is -0.341 e. The zero-order valence-corrected chi connectivity index (χ0v) is 9.76. The van der Waals surface area contributed by atoms with Gasteiger partial charge in [-0.05, 0) is 65.6 Å². The van der Waals surface area contributed by atoms with E-state index in [1.165, 1.54) is 9.26 Å². The van der Waals surface area contributed by atoms with Crippen molar-refractivity contribution in [1.29, 1.82) is 0 Å². The third kappa shape index (κ3) is 2.34. The van der Waals surface area contributed by atoms with Gasteiger partial charge in [0.1, 0.15) is 0 Å². The highest BCUT2D eigenvalue weighted by atomic mass is 127. The highest BCUT2D eigenvalue weighted by Gasteiger charge is 1.91. The van der Waals surface area contributed by atoms with E-state index in [2.05, 4.69) is 65.6 Å². The number of benzene rings is 1. The zero-order chi connectivity index (χ0) is 7.56. The molecule has 0 fully saturated rings. The van der Waals surface area contributed by atoms with Crippen LogP contribution in [0.15, 0.2) is 24.3 Å². The van der Waals surface area contributed by atoms with E-state index in [0.29, 0.717) is 0 Å². The van der Waals surface area contributed by atoms with Crippen LogP contribution < -0.4 is 4.44 Å². The first-order valence-corrected chi connectivity index (χ1v) is 4.86.